The fourth-order valence-electron chi connectivity index (χ4n) is 1.64. The van der Waals surface area contributed by atoms with Gasteiger partial charge in [0.25, 0.3) is 0 Å². The second-order valence-electron chi connectivity index (χ2n) is 3.72. The highest BCUT2D eigenvalue weighted by Gasteiger charge is 2.19. The Kier molecular flexibility index (Phi) is 5.36. The molecule has 1 rings (SSSR count). The summed E-state index contributed by atoms with van der Waals surface area (Å²) in [4.78, 5) is 11.9. The van der Waals surface area contributed by atoms with Crippen LogP contribution in [-0.4, -0.2) is 19.0 Å². The van der Waals surface area contributed by atoms with Crippen LogP contribution in [0.1, 0.15) is 17.9 Å². The largest absolute Gasteiger partial charge is 0.352 e. The maximum Gasteiger partial charge on any atom is 0.227 e. The number of halogens is 1. The van der Waals surface area contributed by atoms with Crippen LogP contribution in [0, 0.1) is 5.82 Å². The van der Waals surface area contributed by atoms with Gasteiger partial charge in [0.1, 0.15) is 5.82 Å². The van der Waals surface area contributed by atoms with Gasteiger partial charge in [-0.05, 0) is 30.7 Å². The molecule has 0 aromatic heterocycles. The van der Waals surface area contributed by atoms with E-state index in [-0.39, 0.29) is 11.7 Å². The summed E-state index contributed by atoms with van der Waals surface area (Å²) >= 11 is 0. The summed E-state index contributed by atoms with van der Waals surface area (Å²) in [6.07, 6.45) is 2.09. The van der Waals surface area contributed by atoms with Gasteiger partial charge in [-0.25, -0.2) is 4.39 Å². The third kappa shape index (κ3) is 4.00. The van der Waals surface area contributed by atoms with E-state index in [4.69, 9.17) is 5.73 Å². The minimum atomic E-state index is -0.407. The smallest absolute Gasteiger partial charge is 0.227 e. The number of amides is 1. The van der Waals surface area contributed by atoms with Gasteiger partial charge in [-0.2, -0.15) is 0 Å². The Morgan fingerprint density at radius 2 is 2.35 bits per heavy atom. The molecule has 3 nitrogen and oxygen atoms in total. The van der Waals surface area contributed by atoms with Crippen LogP contribution >= 0.6 is 0 Å². The molecule has 0 radical (unpaired) electrons. The van der Waals surface area contributed by atoms with Gasteiger partial charge in [0.15, 0.2) is 0 Å². The Labute approximate surface area is 101 Å². The van der Waals surface area contributed by atoms with Gasteiger partial charge >= 0.3 is 0 Å². The van der Waals surface area contributed by atoms with Crippen molar-refractivity contribution in [2.75, 3.05) is 13.1 Å². The quantitative estimate of drug-likeness (QED) is 0.736. The van der Waals surface area contributed by atoms with E-state index in [0.29, 0.717) is 25.1 Å². The molecule has 0 aliphatic heterocycles. The topological polar surface area (TPSA) is 55.1 Å². The Balaban J connectivity index is 2.84. The first kappa shape index (κ1) is 13.4. The van der Waals surface area contributed by atoms with Crippen LogP contribution in [0.2, 0.25) is 0 Å². The lowest BCUT2D eigenvalue weighted by atomic mass is 9.94. The van der Waals surface area contributed by atoms with Crippen molar-refractivity contribution in [1.29, 1.82) is 0 Å². The second-order valence-corrected chi connectivity index (χ2v) is 3.72. The summed E-state index contributed by atoms with van der Waals surface area (Å²) < 4.78 is 13.1. The molecule has 3 N–H and O–H groups in total. The lowest BCUT2D eigenvalue weighted by Crippen LogP contribution is -2.30. The minimum absolute atomic E-state index is 0.152. The predicted octanol–water partition coefficient (Wildman–Crippen LogP) is 1.56. The first-order valence-electron chi connectivity index (χ1n) is 5.53. The Bertz CT molecular complexity index is 393. The summed E-state index contributed by atoms with van der Waals surface area (Å²) in [7, 11) is 0. The Morgan fingerprint density at radius 1 is 1.59 bits per heavy atom. The SMILES string of the molecule is C=CCNC(=O)C(CCN)c1cccc(F)c1. The van der Waals surface area contributed by atoms with Gasteiger partial charge in [0, 0.05) is 6.54 Å². The van der Waals surface area contributed by atoms with E-state index in [0.717, 1.165) is 0 Å². The van der Waals surface area contributed by atoms with Gasteiger partial charge in [0.2, 0.25) is 5.91 Å². The van der Waals surface area contributed by atoms with Crippen LogP contribution in [0.3, 0.4) is 0 Å². The summed E-state index contributed by atoms with van der Waals surface area (Å²) in [5, 5.41) is 2.70. The normalized spacial score (nSPS) is 11.9. The van der Waals surface area contributed by atoms with Crippen molar-refractivity contribution in [3.05, 3.63) is 48.3 Å². The average molecular weight is 236 g/mol. The maximum atomic E-state index is 13.1. The molecule has 0 saturated carbocycles. The predicted molar refractivity (Wildman–Crippen MR) is 66.0 cm³/mol. The Hall–Kier alpha value is -1.68. The van der Waals surface area contributed by atoms with E-state index in [1.807, 2.05) is 0 Å². The third-order valence-electron chi connectivity index (χ3n) is 2.44. The zero-order chi connectivity index (χ0) is 12.7. The summed E-state index contributed by atoms with van der Waals surface area (Å²) in [6, 6.07) is 6.05. The van der Waals surface area contributed by atoms with Gasteiger partial charge in [0.05, 0.1) is 5.92 Å². The Morgan fingerprint density at radius 3 is 2.94 bits per heavy atom. The van der Waals surface area contributed by atoms with Crippen molar-refractivity contribution in [2.45, 2.75) is 12.3 Å². The van der Waals surface area contributed by atoms with Gasteiger partial charge in [-0.15, -0.1) is 6.58 Å². The fraction of sp³-hybridized carbons (Fsp3) is 0.308. The molecular weight excluding hydrogens is 219 g/mol. The van der Waals surface area contributed by atoms with Gasteiger partial charge in [-0.1, -0.05) is 18.2 Å². The lowest BCUT2D eigenvalue weighted by Gasteiger charge is -2.15. The molecule has 17 heavy (non-hydrogen) atoms. The maximum absolute atomic E-state index is 13.1. The number of carbonyl (C=O) groups excluding carboxylic acids is 1. The van der Waals surface area contributed by atoms with Crippen LogP contribution in [-0.2, 0) is 4.79 Å². The molecule has 0 saturated heterocycles. The van der Waals surface area contributed by atoms with Crippen LogP contribution in [0.5, 0.6) is 0 Å². The summed E-state index contributed by atoms with van der Waals surface area (Å²) in [6.45, 7) is 4.30. The molecular formula is C13H17FN2O. The molecule has 1 unspecified atom stereocenters. The highest BCUT2D eigenvalue weighted by atomic mass is 19.1. The second kappa shape index (κ2) is 6.81. The molecule has 92 valence electrons. The number of carbonyl (C=O) groups is 1. The van der Waals surface area contributed by atoms with E-state index in [1.165, 1.54) is 12.1 Å². The van der Waals surface area contributed by atoms with Crippen LogP contribution in [0.25, 0.3) is 0 Å². The molecule has 0 aliphatic carbocycles. The van der Waals surface area contributed by atoms with Gasteiger partial charge < -0.3 is 11.1 Å². The molecule has 4 heteroatoms. The van der Waals surface area contributed by atoms with Crippen molar-refractivity contribution >= 4 is 5.91 Å². The van der Waals surface area contributed by atoms with E-state index in [1.54, 1.807) is 18.2 Å². The molecule has 0 bridgehead atoms. The zero-order valence-electron chi connectivity index (χ0n) is 9.66. The lowest BCUT2D eigenvalue weighted by molar-refractivity contribution is -0.122. The molecule has 0 aliphatic rings. The summed E-state index contributed by atoms with van der Waals surface area (Å²) in [5.41, 5.74) is 6.13. The first-order valence-corrected chi connectivity index (χ1v) is 5.53. The van der Waals surface area contributed by atoms with Crippen LogP contribution in [0.15, 0.2) is 36.9 Å². The van der Waals surface area contributed by atoms with E-state index in [2.05, 4.69) is 11.9 Å². The molecule has 0 heterocycles. The van der Waals surface area contributed by atoms with Crippen LogP contribution < -0.4 is 11.1 Å². The monoisotopic (exact) mass is 236 g/mol. The third-order valence-corrected chi connectivity index (χ3v) is 2.44. The van der Waals surface area contributed by atoms with Crippen molar-refractivity contribution in [2.24, 2.45) is 5.73 Å². The van der Waals surface area contributed by atoms with E-state index in [9.17, 15) is 9.18 Å². The van der Waals surface area contributed by atoms with E-state index < -0.39 is 5.92 Å². The van der Waals surface area contributed by atoms with Crippen molar-refractivity contribution in [1.82, 2.24) is 5.32 Å². The van der Waals surface area contributed by atoms with Crippen molar-refractivity contribution in [3.63, 3.8) is 0 Å². The number of hydrogen-bond acceptors (Lipinski definition) is 2. The molecule has 1 aromatic carbocycles. The first-order chi connectivity index (χ1) is 8.19. The fourth-order valence-corrected chi connectivity index (χ4v) is 1.64. The van der Waals surface area contributed by atoms with Crippen molar-refractivity contribution < 1.29 is 9.18 Å². The molecule has 1 amide bonds. The highest BCUT2D eigenvalue weighted by molar-refractivity contribution is 5.83. The molecule has 0 spiro atoms. The minimum Gasteiger partial charge on any atom is -0.352 e. The number of nitrogens with two attached hydrogens (primary N) is 1. The molecule has 1 aromatic rings. The standard InChI is InChI=1S/C13H17FN2O/c1-2-8-16-13(17)12(6-7-15)10-4-3-5-11(14)9-10/h2-5,9,12H,1,6-8,15H2,(H,16,17). The van der Waals surface area contributed by atoms with Crippen molar-refractivity contribution in [3.8, 4) is 0 Å². The van der Waals surface area contributed by atoms with Crippen LogP contribution in [0.4, 0.5) is 4.39 Å². The zero-order valence-corrected chi connectivity index (χ0v) is 9.66. The summed E-state index contributed by atoms with van der Waals surface area (Å²) in [5.74, 6) is -0.905. The number of rotatable bonds is 6. The number of hydrogen-bond donors (Lipinski definition) is 2. The van der Waals surface area contributed by atoms with Gasteiger partial charge in [-0.3, -0.25) is 4.79 Å². The molecule has 0 fully saturated rings. The molecule has 1 atom stereocenters. The van der Waals surface area contributed by atoms with E-state index >= 15 is 0 Å². The highest BCUT2D eigenvalue weighted by Crippen LogP contribution is 2.20. The number of nitrogens with one attached hydrogen (secondary N) is 1. The average Bonchev–Trinajstić information content (AvgIpc) is 2.33. The number of benzene rings is 1.